The second-order valence-electron chi connectivity index (χ2n) is 4.65. The maximum Gasteiger partial charge on any atom is 0.306 e. The van der Waals surface area contributed by atoms with Gasteiger partial charge in [-0.15, -0.1) is 0 Å². The van der Waals surface area contributed by atoms with Gasteiger partial charge in [0.25, 0.3) is 10.2 Å². The van der Waals surface area contributed by atoms with E-state index in [4.69, 9.17) is 5.11 Å². The third-order valence-corrected chi connectivity index (χ3v) is 4.50. The summed E-state index contributed by atoms with van der Waals surface area (Å²) in [6, 6.07) is 0. The van der Waals surface area contributed by atoms with Crippen LogP contribution in [0.4, 0.5) is 0 Å². The van der Waals surface area contributed by atoms with Crippen molar-refractivity contribution in [3.05, 3.63) is 11.6 Å². The first-order valence-electron chi connectivity index (χ1n) is 5.94. The molecule has 18 heavy (non-hydrogen) atoms. The zero-order valence-corrected chi connectivity index (χ0v) is 11.5. The fraction of sp³-hybridized carbons (Fsp3) is 0.727. The molecule has 7 heteroatoms. The van der Waals surface area contributed by atoms with Crippen molar-refractivity contribution in [3.63, 3.8) is 0 Å². The number of carboxylic acid groups (broad SMARTS) is 1. The number of rotatable bonds is 5. The zero-order valence-electron chi connectivity index (χ0n) is 10.7. The van der Waals surface area contributed by atoms with Gasteiger partial charge in [0.2, 0.25) is 0 Å². The van der Waals surface area contributed by atoms with Gasteiger partial charge in [-0.25, -0.2) is 0 Å². The molecule has 0 bridgehead atoms. The van der Waals surface area contributed by atoms with E-state index in [0.29, 0.717) is 12.8 Å². The van der Waals surface area contributed by atoms with Gasteiger partial charge in [0.05, 0.1) is 5.92 Å². The molecule has 0 aromatic heterocycles. The molecular weight excluding hydrogens is 256 g/mol. The van der Waals surface area contributed by atoms with E-state index < -0.39 is 22.1 Å². The van der Waals surface area contributed by atoms with Gasteiger partial charge in [-0.1, -0.05) is 11.6 Å². The molecule has 2 N–H and O–H groups in total. The van der Waals surface area contributed by atoms with Crippen LogP contribution in [-0.4, -0.2) is 43.4 Å². The lowest BCUT2D eigenvalue weighted by atomic mass is 9.99. The lowest BCUT2D eigenvalue weighted by Crippen LogP contribution is -2.45. The number of piperidine rings is 1. The van der Waals surface area contributed by atoms with Crippen molar-refractivity contribution >= 4 is 16.2 Å². The second kappa shape index (κ2) is 6.31. The van der Waals surface area contributed by atoms with Crippen molar-refractivity contribution in [3.8, 4) is 0 Å². The van der Waals surface area contributed by atoms with Crippen LogP contribution in [0.15, 0.2) is 11.6 Å². The van der Waals surface area contributed by atoms with Crippen LogP contribution in [0, 0.1) is 5.92 Å². The molecule has 0 spiro atoms. The Labute approximate surface area is 108 Å². The van der Waals surface area contributed by atoms with E-state index >= 15 is 0 Å². The van der Waals surface area contributed by atoms with Crippen molar-refractivity contribution in [1.82, 2.24) is 9.03 Å². The average molecular weight is 276 g/mol. The minimum absolute atomic E-state index is 0.265. The highest BCUT2D eigenvalue weighted by atomic mass is 32.2. The molecule has 0 aromatic carbocycles. The maximum atomic E-state index is 11.9. The highest BCUT2D eigenvalue weighted by Gasteiger charge is 2.30. The van der Waals surface area contributed by atoms with E-state index in [9.17, 15) is 13.2 Å². The van der Waals surface area contributed by atoms with Gasteiger partial charge in [0, 0.05) is 19.6 Å². The largest absolute Gasteiger partial charge is 0.481 e. The molecule has 1 saturated heterocycles. The van der Waals surface area contributed by atoms with E-state index in [-0.39, 0.29) is 19.6 Å². The van der Waals surface area contributed by atoms with E-state index in [1.165, 1.54) is 4.31 Å². The van der Waals surface area contributed by atoms with Crippen molar-refractivity contribution < 1.29 is 18.3 Å². The molecule has 0 aromatic rings. The summed E-state index contributed by atoms with van der Waals surface area (Å²) in [5.41, 5.74) is 1.04. The van der Waals surface area contributed by atoms with E-state index in [2.05, 4.69) is 4.72 Å². The van der Waals surface area contributed by atoms with Gasteiger partial charge in [-0.3, -0.25) is 4.79 Å². The molecule has 1 heterocycles. The molecule has 0 unspecified atom stereocenters. The molecule has 0 amide bonds. The van der Waals surface area contributed by atoms with Crippen LogP contribution in [-0.2, 0) is 15.0 Å². The lowest BCUT2D eigenvalue weighted by molar-refractivity contribution is -0.142. The lowest BCUT2D eigenvalue weighted by Gasteiger charge is -2.29. The number of carbonyl (C=O) groups is 1. The number of nitrogens with zero attached hydrogens (tertiary/aromatic N) is 1. The van der Waals surface area contributed by atoms with Crippen LogP contribution in [0.3, 0.4) is 0 Å². The molecule has 6 nitrogen and oxygen atoms in total. The van der Waals surface area contributed by atoms with Crippen LogP contribution >= 0.6 is 0 Å². The van der Waals surface area contributed by atoms with E-state index in [1.807, 2.05) is 13.8 Å². The quantitative estimate of drug-likeness (QED) is 0.719. The third kappa shape index (κ3) is 4.40. The number of allylic oxidation sites excluding steroid dienone is 1. The minimum Gasteiger partial charge on any atom is -0.481 e. The summed E-state index contributed by atoms with van der Waals surface area (Å²) < 4.78 is 27.6. The molecule has 104 valence electrons. The van der Waals surface area contributed by atoms with Gasteiger partial charge < -0.3 is 5.11 Å². The summed E-state index contributed by atoms with van der Waals surface area (Å²) in [6.45, 7) is 4.59. The molecule has 0 radical (unpaired) electrons. The predicted molar refractivity (Wildman–Crippen MR) is 68.3 cm³/mol. The van der Waals surface area contributed by atoms with Gasteiger partial charge in [-0.05, 0) is 26.7 Å². The van der Waals surface area contributed by atoms with Gasteiger partial charge in [-0.2, -0.15) is 17.4 Å². The Kier molecular flexibility index (Phi) is 5.30. The van der Waals surface area contributed by atoms with Gasteiger partial charge >= 0.3 is 5.97 Å². The van der Waals surface area contributed by atoms with Crippen LogP contribution in [0.2, 0.25) is 0 Å². The van der Waals surface area contributed by atoms with Crippen LogP contribution in [0.25, 0.3) is 0 Å². The van der Waals surface area contributed by atoms with Crippen LogP contribution in [0.5, 0.6) is 0 Å². The summed E-state index contributed by atoms with van der Waals surface area (Å²) in [4.78, 5) is 10.8. The minimum atomic E-state index is -3.48. The number of nitrogens with one attached hydrogen (secondary N) is 1. The van der Waals surface area contributed by atoms with Gasteiger partial charge in [0.15, 0.2) is 0 Å². The summed E-state index contributed by atoms with van der Waals surface area (Å²) >= 11 is 0. The summed E-state index contributed by atoms with van der Waals surface area (Å²) in [5, 5.41) is 8.84. The second-order valence-corrected chi connectivity index (χ2v) is 6.40. The SMILES string of the molecule is CC(C)=CCNS(=O)(=O)N1CCC(C(=O)O)CC1. The number of aliphatic carboxylic acids is 1. The highest BCUT2D eigenvalue weighted by molar-refractivity contribution is 7.87. The molecule has 1 fully saturated rings. The predicted octanol–water partition coefficient (Wildman–Crippen LogP) is 0.584. The summed E-state index contributed by atoms with van der Waals surface area (Å²) in [6.07, 6.45) is 2.54. The molecule has 1 aliphatic rings. The molecule has 1 rings (SSSR count). The molecule has 0 saturated carbocycles. The standard InChI is InChI=1S/C11H20N2O4S/c1-9(2)3-6-12-18(16,17)13-7-4-10(5-8-13)11(14)15/h3,10,12H,4-8H2,1-2H3,(H,14,15). The molecule has 0 aliphatic carbocycles. The third-order valence-electron chi connectivity index (χ3n) is 2.92. The topological polar surface area (TPSA) is 86.7 Å². The Morgan fingerprint density at radius 2 is 1.94 bits per heavy atom. The fourth-order valence-electron chi connectivity index (χ4n) is 1.79. The Bertz CT molecular complexity index is 418. The Balaban J connectivity index is 2.50. The van der Waals surface area contributed by atoms with E-state index in [0.717, 1.165) is 5.57 Å². The Morgan fingerprint density at radius 1 is 1.39 bits per heavy atom. The number of carboxylic acids is 1. The zero-order chi connectivity index (χ0) is 13.8. The summed E-state index contributed by atoms with van der Waals surface area (Å²) in [5.74, 6) is -1.27. The van der Waals surface area contributed by atoms with Crippen LogP contribution in [0.1, 0.15) is 26.7 Å². The fourth-order valence-corrected chi connectivity index (χ4v) is 2.95. The average Bonchev–Trinajstić information content (AvgIpc) is 2.28. The van der Waals surface area contributed by atoms with Crippen molar-refractivity contribution in [2.24, 2.45) is 5.92 Å². The van der Waals surface area contributed by atoms with Crippen LogP contribution < -0.4 is 4.72 Å². The molecule has 0 atom stereocenters. The van der Waals surface area contributed by atoms with Crippen molar-refractivity contribution in [2.75, 3.05) is 19.6 Å². The smallest absolute Gasteiger partial charge is 0.306 e. The van der Waals surface area contributed by atoms with Gasteiger partial charge in [0.1, 0.15) is 0 Å². The first-order valence-corrected chi connectivity index (χ1v) is 7.38. The normalized spacial score (nSPS) is 18.6. The monoisotopic (exact) mass is 276 g/mol. The molecule has 1 aliphatic heterocycles. The van der Waals surface area contributed by atoms with Crippen molar-refractivity contribution in [1.29, 1.82) is 0 Å². The Hall–Kier alpha value is -0.920. The number of hydrogen-bond donors (Lipinski definition) is 2. The highest BCUT2D eigenvalue weighted by Crippen LogP contribution is 2.18. The first-order chi connectivity index (χ1) is 8.33. The Morgan fingerprint density at radius 3 is 2.39 bits per heavy atom. The molecular formula is C11H20N2O4S. The van der Waals surface area contributed by atoms with E-state index in [1.54, 1.807) is 6.08 Å². The summed E-state index contributed by atoms with van der Waals surface area (Å²) in [7, 11) is -3.48. The maximum absolute atomic E-state index is 11.9. The first kappa shape index (κ1) is 15.1. The van der Waals surface area contributed by atoms with Crippen molar-refractivity contribution in [2.45, 2.75) is 26.7 Å². The number of hydrogen-bond acceptors (Lipinski definition) is 3.